The van der Waals surface area contributed by atoms with Crippen LogP contribution in [0.3, 0.4) is 0 Å². The molecule has 5 heteroatoms. The average Bonchev–Trinajstić information content (AvgIpc) is 2.91. The van der Waals surface area contributed by atoms with E-state index >= 15 is 0 Å². The highest BCUT2D eigenvalue weighted by Gasteiger charge is 2.45. The van der Waals surface area contributed by atoms with Gasteiger partial charge in [-0.15, -0.1) is 0 Å². The van der Waals surface area contributed by atoms with E-state index in [2.05, 4.69) is 10.1 Å². The standard InChI is InChI=1S/C10H13N3O2/c1-13-10(11-5-12-13)9(14)7-4-6-2-3-8(7)15-6/h5-8H,2-4H2,1H3. The fourth-order valence-electron chi connectivity index (χ4n) is 2.60. The van der Waals surface area contributed by atoms with Gasteiger partial charge >= 0.3 is 0 Å². The molecule has 3 atom stereocenters. The van der Waals surface area contributed by atoms with Crippen LogP contribution in [0.1, 0.15) is 29.9 Å². The van der Waals surface area contributed by atoms with Crippen molar-refractivity contribution >= 4 is 5.78 Å². The molecule has 3 unspecified atom stereocenters. The maximum atomic E-state index is 12.1. The van der Waals surface area contributed by atoms with Gasteiger partial charge in [0.05, 0.1) is 18.1 Å². The van der Waals surface area contributed by atoms with Gasteiger partial charge in [0.15, 0.2) is 5.82 Å². The molecule has 2 fully saturated rings. The Hall–Kier alpha value is -1.23. The second-order valence-corrected chi connectivity index (χ2v) is 4.29. The van der Waals surface area contributed by atoms with E-state index in [1.807, 2.05) is 0 Å². The molecule has 0 radical (unpaired) electrons. The molecular weight excluding hydrogens is 194 g/mol. The summed E-state index contributed by atoms with van der Waals surface area (Å²) in [7, 11) is 1.74. The summed E-state index contributed by atoms with van der Waals surface area (Å²) >= 11 is 0. The number of aryl methyl sites for hydroxylation is 1. The molecule has 1 aromatic heterocycles. The molecule has 3 rings (SSSR count). The minimum absolute atomic E-state index is 0.00616. The van der Waals surface area contributed by atoms with E-state index in [0.717, 1.165) is 19.3 Å². The van der Waals surface area contributed by atoms with E-state index in [-0.39, 0.29) is 17.8 Å². The van der Waals surface area contributed by atoms with Gasteiger partial charge in [-0.05, 0) is 19.3 Å². The van der Waals surface area contributed by atoms with Gasteiger partial charge in [-0.2, -0.15) is 5.10 Å². The van der Waals surface area contributed by atoms with Gasteiger partial charge in [-0.3, -0.25) is 4.79 Å². The molecule has 2 aliphatic heterocycles. The highest BCUT2D eigenvalue weighted by Crippen LogP contribution is 2.39. The van der Waals surface area contributed by atoms with Crippen LogP contribution in [-0.4, -0.2) is 32.8 Å². The molecule has 2 aliphatic rings. The van der Waals surface area contributed by atoms with Gasteiger partial charge in [0.25, 0.3) is 0 Å². The van der Waals surface area contributed by atoms with Crippen LogP contribution in [0, 0.1) is 5.92 Å². The maximum absolute atomic E-state index is 12.1. The fourth-order valence-corrected chi connectivity index (χ4v) is 2.60. The lowest BCUT2D eigenvalue weighted by Gasteiger charge is -2.16. The molecule has 0 saturated carbocycles. The van der Waals surface area contributed by atoms with Gasteiger partial charge in [0.1, 0.15) is 6.33 Å². The number of nitrogens with zero attached hydrogens (tertiary/aromatic N) is 3. The number of aromatic nitrogens is 3. The van der Waals surface area contributed by atoms with Gasteiger partial charge in [-0.25, -0.2) is 9.67 Å². The molecule has 0 N–H and O–H groups in total. The summed E-state index contributed by atoms with van der Waals surface area (Å²) < 4.78 is 7.20. The molecule has 2 saturated heterocycles. The number of carbonyl (C=O) groups excluding carboxylic acids is 1. The van der Waals surface area contributed by atoms with Crippen molar-refractivity contribution in [3.8, 4) is 0 Å². The van der Waals surface area contributed by atoms with Crippen LogP contribution in [0.4, 0.5) is 0 Å². The van der Waals surface area contributed by atoms with Crippen LogP contribution >= 0.6 is 0 Å². The van der Waals surface area contributed by atoms with Crippen molar-refractivity contribution in [2.24, 2.45) is 13.0 Å². The van der Waals surface area contributed by atoms with E-state index in [4.69, 9.17) is 4.74 Å². The second-order valence-electron chi connectivity index (χ2n) is 4.29. The number of Topliss-reactive ketones (excluding diaryl/α,β-unsaturated/α-hetero) is 1. The SMILES string of the molecule is Cn1ncnc1C(=O)C1CC2CCC1O2. The zero-order valence-corrected chi connectivity index (χ0v) is 8.59. The van der Waals surface area contributed by atoms with E-state index < -0.39 is 0 Å². The third-order valence-corrected chi connectivity index (χ3v) is 3.37. The first kappa shape index (κ1) is 9.03. The number of hydrogen-bond acceptors (Lipinski definition) is 4. The molecule has 0 aliphatic carbocycles. The lowest BCUT2D eigenvalue weighted by atomic mass is 9.86. The second kappa shape index (κ2) is 3.13. The quantitative estimate of drug-likeness (QED) is 0.665. The highest BCUT2D eigenvalue weighted by atomic mass is 16.5. The summed E-state index contributed by atoms with van der Waals surface area (Å²) in [5, 5.41) is 3.92. The minimum atomic E-state index is 0.00616. The van der Waals surface area contributed by atoms with Crippen LogP contribution in [0.5, 0.6) is 0 Å². The third-order valence-electron chi connectivity index (χ3n) is 3.37. The zero-order chi connectivity index (χ0) is 10.4. The predicted octanol–water partition coefficient (Wildman–Crippen LogP) is 0.565. The molecule has 5 nitrogen and oxygen atoms in total. The van der Waals surface area contributed by atoms with Crippen molar-refractivity contribution in [1.29, 1.82) is 0 Å². The minimum Gasteiger partial charge on any atom is -0.374 e. The Bertz CT molecular complexity index is 401. The maximum Gasteiger partial charge on any atom is 0.205 e. The Kier molecular flexibility index (Phi) is 1.88. The lowest BCUT2D eigenvalue weighted by molar-refractivity contribution is 0.0732. The molecule has 15 heavy (non-hydrogen) atoms. The van der Waals surface area contributed by atoms with Gasteiger partial charge in [0.2, 0.25) is 5.78 Å². The molecule has 0 spiro atoms. The number of rotatable bonds is 2. The van der Waals surface area contributed by atoms with E-state index in [1.165, 1.54) is 11.0 Å². The highest BCUT2D eigenvalue weighted by molar-refractivity contribution is 5.95. The normalized spacial score (nSPS) is 33.5. The number of carbonyl (C=O) groups is 1. The van der Waals surface area contributed by atoms with Crippen LogP contribution < -0.4 is 0 Å². The summed E-state index contributed by atoms with van der Waals surface area (Å²) in [4.78, 5) is 16.1. The fraction of sp³-hybridized carbons (Fsp3) is 0.700. The Morgan fingerprint density at radius 2 is 2.47 bits per heavy atom. The average molecular weight is 207 g/mol. The summed E-state index contributed by atoms with van der Waals surface area (Å²) in [5.41, 5.74) is 0. The van der Waals surface area contributed by atoms with Gasteiger partial charge in [-0.1, -0.05) is 0 Å². The van der Waals surface area contributed by atoms with Crippen LogP contribution in [-0.2, 0) is 11.8 Å². The van der Waals surface area contributed by atoms with Crippen molar-refractivity contribution in [2.45, 2.75) is 31.5 Å². The third kappa shape index (κ3) is 1.30. The zero-order valence-electron chi connectivity index (χ0n) is 8.59. The van der Waals surface area contributed by atoms with Crippen LogP contribution in [0.2, 0.25) is 0 Å². The van der Waals surface area contributed by atoms with Gasteiger partial charge < -0.3 is 4.74 Å². The van der Waals surface area contributed by atoms with Gasteiger partial charge in [0, 0.05) is 7.05 Å². The molecule has 0 aromatic carbocycles. The smallest absolute Gasteiger partial charge is 0.205 e. The van der Waals surface area contributed by atoms with E-state index in [1.54, 1.807) is 7.05 Å². The van der Waals surface area contributed by atoms with Crippen LogP contribution in [0.15, 0.2) is 6.33 Å². The number of ether oxygens (including phenoxy) is 1. The summed E-state index contributed by atoms with van der Waals surface area (Å²) in [6.45, 7) is 0. The van der Waals surface area contributed by atoms with E-state index in [9.17, 15) is 4.79 Å². The lowest BCUT2D eigenvalue weighted by Crippen LogP contribution is -2.27. The van der Waals surface area contributed by atoms with Crippen molar-refractivity contribution < 1.29 is 9.53 Å². The monoisotopic (exact) mass is 207 g/mol. The summed E-state index contributed by atoms with van der Waals surface area (Å²) in [5.74, 6) is 0.546. The Morgan fingerprint density at radius 3 is 3.00 bits per heavy atom. The molecule has 2 bridgehead atoms. The van der Waals surface area contributed by atoms with Crippen LogP contribution in [0.25, 0.3) is 0 Å². The van der Waals surface area contributed by atoms with Crippen molar-refractivity contribution in [3.05, 3.63) is 12.2 Å². The Balaban J connectivity index is 1.84. The Morgan fingerprint density at radius 1 is 1.60 bits per heavy atom. The first-order valence-electron chi connectivity index (χ1n) is 5.29. The van der Waals surface area contributed by atoms with E-state index in [0.29, 0.717) is 11.9 Å². The largest absolute Gasteiger partial charge is 0.374 e. The van der Waals surface area contributed by atoms with Crippen molar-refractivity contribution in [3.63, 3.8) is 0 Å². The summed E-state index contributed by atoms with van der Waals surface area (Å²) in [6.07, 6.45) is 4.82. The molecular formula is C10H13N3O2. The van der Waals surface area contributed by atoms with Crippen molar-refractivity contribution in [2.75, 3.05) is 0 Å². The first-order valence-corrected chi connectivity index (χ1v) is 5.29. The summed E-state index contributed by atoms with van der Waals surface area (Å²) in [6, 6.07) is 0. The number of ketones is 1. The Labute approximate surface area is 87.4 Å². The first-order chi connectivity index (χ1) is 7.25. The van der Waals surface area contributed by atoms with Crippen molar-refractivity contribution in [1.82, 2.24) is 14.8 Å². The molecule has 3 heterocycles. The predicted molar refractivity (Wildman–Crippen MR) is 51.3 cm³/mol. The molecule has 1 aromatic rings. The number of hydrogen-bond donors (Lipinski definition) is 0. The number of fused-ring (bicyclic) bond motifs is 2. The molecule has 0 amide bonds. The topological polar surface area (TPSA) is 57.0 Å². The molecule has 80 valence electrons.